The van der Waals surface area contributed by atoms with Gasteiger partial charge in [0.05, 0.1) is 0 Å². The standard InChI is InChI=1S/C15H27N5/c1-5-19(6-2)14-7-8-20(11-14)15-17-10-13(9-16-4)12(3)18-15/h10,14,16H,5-9,11H2,1-4H3. The zero-order valence-electron chi connectivity index (χ0n) is 13.2. The maximum atomic E-state index is 4.68. The first-order chi connectivity index (χ1) is 9.69. The number of nitrogens with zero attached hydrogens (tertiary/aromatic N) is 4. The Morgan fingerprint density at radius 3 is 2.75 bits per heavy atom. The van der Waals surface area contributed by atoms with Gasteiger partial charge >= 0.3 is 0 Å². The Morgan fingerprint density at radius 1 is 1.40 bits per heavy atom. The normalized spacial score (nSPS) is 19.1. The van der Waals surface area contributed by atoms with Gasteiger partial charge in [-0.3, -0.25) is 4.90 Å². The van der Waals surface area contributed by atoms with Crippen LogP contribution in [0.15, 0.2) is 6.20 Å². The minimum Gasteiger partial charge on any atom is -0.339 e. The zero-order chi connectivity index (χ0) is 14.5. The van der Waals surface area contributed by atoms with Crippen molar-refractivity contribution >= 4 is 5.95 Å². The Morgan fingerprint density at radius 2 is 2.15 bits per heavy atom. The third kappa shape index (κ3) is 3.27. The lowest BCUT2D eigenvalue weighted by atomic mass is 10.2. The van der Waals surface area contributed by atoms with Gasteiger partial charge < -0.3 is 10.2 Å². The highest BCUT2D eigenvalue weighted by Gasteiger charge is 2.27. The molecule has 5 heteroatoms. The number of hydrogen-bond acceptors (Lipinski definition) is 5. The topological polar surface area (TPSA) is 44.3 Å². The van der Waals surface area contributed by atoms with E-state index in [1.54, 1.807) is 0 Å². The van der Waals surface area contributed by atoms with Gasteiger partial charge in [-0.1, -0.05) is 13.8 Å². The van der Waals surface area contributed by atoms with E-state index in [0.29, 0.717) is 6.04 Å². The highest BCUT2D eigenvalue weighted by molar-refractivity contribution is 5.35. The molecule has 0 aromatic carbocycles. The van der Waals surface area contributed by atoms with Crippen LogP contribution in [0, 0.1) is 6.92 Å². The summed E-state index contributed by atoms with van der Waals surface area (Å²) in [7, 11) is 1.95. The number of aromatic nitrogens is 2. The molecule has 1 aromatic heterocycles. The minimum atomic E-state index is 0.644. The van der Waals surface area contributed by atoms with Gasteiger partial charge in [0, 0.05) is 43.1 Å². The molecule has 1 atom stereocenters. The molecule has 0 amide bonds. The van der Waals surface area contributed by atoms with Crippen LogP contribution in [-0.2, 0) is 6.54 Å². The first kappa shape index (κ1) is 15.2. The van der Waals surface area contributed by atoms with Gasteiger partial charge in [0.25, 0.3) is 0 Å². The molecule has 1 fully saturated rings. The molecule has 1 saturated heterocycles. The Hall–Kier alpha value is -1.20. The number of anilines is 1. The fraction of sp³-hybridized carbons (Fsp3) is 0.733. The molecule has 5 nitrogen and oxygen atoms in total. The summed E-state index contributed by atoms with van der Waals surface area (Å²) in [5.74, 6) is 0.886. The van der Waals surface area contributed by atoms with Gasteiger partial charge in [-0.15, -0.1) is 0 Å². The lowest BCUT2D eigenvalue weighted by Gasteiger charge is -2.26. The molecule has 1 unspecified atom stereocenters. The maximum Gasteiger partial charge on any atom is 0.225 e. The number of nitrogens with one attached hydrogen (secondary N) is 1. The first-order valence-electron chi connectivity index (χ1n) is 7.65. The number of hydrogen-bond donors (Lipinski definition) is 1. The van der Waals surface area contributed by atoms with E-state index in [4.69, 9.17) is 0 Å². The van der Waals surface area contributed by atoms with Crippen LogP contribution in [0.25, 0.3) is 0 Å². The number of aryl methyl sites for hydroxylation is 1. The number of likely N-dealkylation sites (N-methyl/N-ethyl adjacent to an activating group) is 1. The first-order valence-corrected chi connectivity index (χ1v) is 7.65. The second-order valence-corrected chi connectivity index (χ2v) is 5.42. The molecule has 112 valence electrons. The highest BCUT2D eigenvalue weighted by atomic mass is 15.3. The third-order valence-electron chi connectivity index (χ3n) is 4.21. The van der Waals surface area contributed by atoms with Crippen LogP contribution < -0.4 is 10.2 Å². The van der Waals surface area contributed by atoms with E-state index in [-0.39, 0.29) is 0 Å². The summed E-state index contributed by atoms with van der Waals surface area (Å²) in [5.41, 5.74) is 2.26. The highest BCUT2D eigenvalue weighted by Crippen LogP contribution is 2.20. The van der Waals surface area contributed by atoms with E-state index >= 15 is 0 Å². The van der Waals surface area contributed by atoms with Crippen molar-refractivity contribution in [1.82, 2.24) is 20.2 Å². The van der Waals surface area contributed by atoms with Crippen molar-refractivity contribution in [3.63, 3.8) is 0 Å². The van der Waals surface area contributed by atoms with E-state index in [0.717, 1.165) is 44.4 Å². The van der Waals surface area contributed by atoms with Gasteiger partial charge in [-0.05, 0) is 33.5 Å². The molecule has 0 saturated carbocycles. The van der Waals surface area contributed by atoms with Crippen molar-refractivity contribution in [2.45, 2.75) is 39.8 Å². The summed E-state index contributed by atoms with van der Waals surface area (Å²) >= 11 is 0. The summed E-state index contributed by atoms with van der Waals surface area (Å²) in [6.07, 6.45) is 3.17. The molecule has 1 aromatic rings. The quantitative estimate of drug-likeness (QED) is 0.852. The van der Waals surface area contributed by atoms with Gasteiger partial charge in [0.2, 0.25) is 5.95 Å². The molecule has 0 spiro atoms. The Kier molecular flexibility index (Phi) is 5.31. The SMILES string of the molecule is CCN(CC)C1CCN(c2ncc(CNC)c(C)n2)C1. The van der Waals surface area contributed by atoms with Crippen LogP contribution in [0.3, 0.4) is 0 Å². The van der Waals surface area contributed by atoms with Gasteiger partial charge in [-0.25, -0.2) is 9.97 Å². The Balaban J connectivity index is 2.04. The van der Waals surface area contributed by atoms with E-state index in [9.17, 15) is 0 Å². The Labute approximate surface area is 122 Å². The number of rotatable bonds is 6. The molecule has 0 aliphatic carbocycles. The fourth-order valence-electron chi connectivity index (χ4n) is 2.96. The molecule has 1 aliphatic rings. The largest absolute Gasteiger partial charge is 0.339 e. The lowest BCUT2D eigenvalue weighted by molar-refractivity contribution is 0.232. The molecule has 1 aliphatic heterocycles. The smallest absolute Gasteiger partial charge is 0.225 e. The summed E-state index contributed by atoms with van der Waals surface area (Å²) in [6.45, 7) is 11.7. The third-order valence-corrected chi connectivity index (χ3v) is 4.21. The molecular weight excluding hydrogens is 250 g/mol. The van der Waals surface area contributed by atoms with Crippen molar-refractivity contribution in [1.29, 1.82) is 0 Å². The van der Waals surface area contributed by atoms with Crippen molar-refractivity contribution in [2.24, 2.45) is 0 Å². The predicted molar refractivity (Wildman–Crippen MR) is 83.1 cm³/mol. The molecule has 2 rings (SSSR count). The molecule has 0 bridgehead atoms. The minimum absolute atomic E-state index is 0.644. The van der Waals surface area contributed by atoms with Crippen LogP contribution in [-0.4, -0.2) is 54.1 Å². The van der Waals surface area contributed by atoms with Gasteiger partial charge in [-0.2, -0.15) is 0 Å². The van der Waals surface area contributed by atoms with Crippen LogP contribution in [0.2, 0.25) is 0 Å². The van der Waals surface area contributed by atoms with Crippen molar-refractivity contribution in [3.05, 3.63) is 17.5 Å². The second-order valence-electron chi connectivity index (χ2n) is 5.42. The predicted octanol–water partition coefficient (Wildman–Crippen LogP) is 1.42. The monoisotopic (exact) mass is 277 g/mol. The average molecular weight is 277 g/mol. The van der Waals surface area contributed by atoms with Crippen LogP contribution in [0.1, 0.15) is 31.5 Å². The Bertz CT molecular complexity index is 430. The van der Waals surface area contributed by atoms with Gasteiger partial charge in [0.15, 0.2) is 0 Å². The van der Waals surface area contributed by atoms with Crippen LogP contribution in [0.5, 0.6) is 0 Å². The average Bonchev–Trinajstić information content (AvgIpc) is 2.92. The molecule has 1 N–H and O–H groups in total. The second kappa shape index (κ2) is 6.99. The molecular formula is C15H27N5. The molecule has 0 radical (unpaired) electrons. The molecule has 20 heavy (non-hydrogen) atoms. The van der Waals surface area contributed by atoms with Crippen molar-refractivity contribution in [2.75, 3.05) is 38.1 Å². The van der Waals surface area contributed by atoms with E-state index in [2.05, 4.69) is 45.9 Å². The maximum absolute atomic E-state index is 4.68. The fourth-order valence-corrected chi connectivity index (χ4v) is 2.96. The summed E-state index contributed by atoms with van der Waals surface area (Å²) < 4.78 is 0. The van der Waals surface area contributed by atoms with Gasteiger partial charge in [0.1, 0.15) is 0 Å². The van der Waals surface area contributed by atoms with Crippen molar-refractivity contribution in [3.8, 4) is 0 Å². The van der Waals surface area contributed by atoms with E-state index in [1.807, 2.05) is 13.2 Å². The van der Waals surface area contributed by atoms with Crippen molar-refractivity contribution < 1.29 is 0 Å². The summed E-state index contributed by atoms with van der Waals surface area (Å²) in [4.78, 5) is 14.1. The van der Waals surface area contributed by atoms with E-state index < -0.39 is 0 Å². The summed E-state index contributed by atoms with van der Waals surface area (Å²) in [6, 6.07) is 0.644. The molecule has 2 heterocycles. The van der Waals surface area contributed by atoms with Crippen LogP contribution >= 0.6 is 0 Å². The summed E-state index contributed by atoms with van der Waals surface area (Å²) in [5, 5.41) is 3.15. The zero-order valence-corrected chi connectivity index (χ0v) is 13.2. The lowest BCUT2D eigenvalue weighted by Crippen LogP contribution is -2.37. The van der Waals surface area contributed by atoms with E-state index in [1.165, 1.54) is 12.0 Å². The van der Waals surface area contributed by atoms with Crippen LogP contribution in [0.4, 0.5) is 5.95 Å².